The van der Waals surface area contributed by atoms with E-state index in [-0.39, 0.29) is 25.1 Å². The molecule has 0 unspecified atom stereocenters. The number of nitrogens with one attached hydrogen (secondary N) is 1. The molecule has 2 heterocycles. The van der Waals surface area contributed by atoms with Crippen LogP contribution in [0, 0.1) is 5.41 Å². The number of ether oxygens (including phenoxy) is 1. The molecular formula is C24H24F3N3O2. The molecule has 0 aliphatic heterocycles. The predicted molar refractivity (Wildman–Crippen MR) is 114 cm³/mol. The van der Waals surface area contributed by atoms with Gasteiger partial charge in [0.2, 0.25) is 0 Å². The molecule has 1 aromatic carbocycles. The van der Waals surface area contributed by atoms with Crippen LogP contribution >= 0.6 is 0 Å². The summed E-state index contributed by atoms with van der Waals surface area (Å²) in [5.41, 5.74) is -0.0529. The van der Waals surface area contributed by atoms with E-state index in [1.54, 1.807) is 44.3 Å². The highest BCUT2D eigenvalue weighted by Crippen LogP contribution is 2.54. The molecule has 168 valence electrons. The number of carbonyl (C=O) groups excluding carboxylic acids is 1. The second kappa shape index (κ2) is 8.07. The normalized spacial score (nSPS) is 15.8. The van der Waals surface area contributed by atoms with E-state index in [1.165, 1.54) is 6.20 Å². The lowest BCUT2D eigenvalue weighted by molar-refractivity contribution is -0.213. The minimum absolute atomic E-state index is 0.0850. The van der Waals surface area contributed by atoms with E-state index >= 15 is 0 Å². The fourth-order valence-electron chi connectivity index (χ4n) is 3.68. The van der Waals surface area contributed by atoms with E-state index in [9.17, 15) is 18.0 Å². The number of aromatic amines is 1. The van der Waals surface area contributed by atoms with Crippen LogP contribution in [0.25, 0.3) is 22.6 Å². The van der Waals surface area contributed by atoms with E-state index in [0.29, 0.717) is 29.3 Å². The van der Waals surface area contributed by atoms with Gasteiger partial charge >= 0.3 is 6.18 Å². The Morgan fingerprint density at radius 1 is 1.03 bits per heavy atom. The number of halogens is 3. The van der Waals surface area contributed by atoms with E-state index in [4.69, 9.17) is 4.74 Å². The zero-order valence-corrected chi connectivity index (χ0v) is 17.9. The second-order valence-electron chi connectivity index (χ2n) is 8.93. The van der Waals surface area contributed by atoms with Crippen LogP contribution in [0.3, 0.4) is 0 Å². The van der Waals surface area contributed by atoms with Crippen molar-refractivity contribution >= 4 is 6.29 Å². The maximum Gasteiger partial charge on any atom is 0.399 e. The zero-order valence-electron chi connectivity index (χ0n) is 17.9. The van der Waals surface area contributed by atoms with Gasteiger partial charge in [-0.1, -0.05) is 6.42 Å². The number of rotatable bonds is 7. The van der Waals surface area contributed by atoms with Crippen molar-refractivity contribution in [2.45, 2.75) is 44.7 Å². The summed E-state index contributed by atoms with van der Waals surface area (Å²) in [5, 5.41) is 0. The highest BCUT2D eigenvalue weighted by Gasteiger charge is 2.60. The van der Waals surface area contributed by atoms with Crippen molar-refractivity contribution in [3.05, 3.63) is 54.5 Å². The molecule has 1 fully saturated rings. The number of benzene rings is 1. The number of pyridine rings is 1. The number of H-pyrrole nitrogens is 1. The van der Waals surface area contributed by atoms with Gasteiger partial charge in [-0.2, -0.15) is 13.2 Å². The molecule has 5 nitrogen and oxygen atoms in total. The van der Waals surface area contributed by atoms with Gasteiger partial charge in [0.25, 0.3) is 0 Å². The lowest BCUT2D eigenvalue weighted by atomic mass is 9.66. The highest BCUT2D eigenvalue weighted by atomic mass is 19.4. The number of aromatic nitrogens is 3. The number of nitrogens with zero attached hydrogens (tertiary/aromatic N) is 2. The lowest BCUT2D eigenvalue weighted by Crippen LogP contribution is -2.48. The summed E-state index contributed by atoms with van der Waals surface area (Å²) in [6, 6.07) is 10.9. The van der Waals surface area contributed by atoms with Crippen LogP contribution in [0.4, 0.5) is 13.2 Å². The van der Waals surface area contributed by atoms with E-state index in [1.807, 2.05) is 12.1 Å². The van der Waals surface area contributed by atoms with Crippen molar-refractivity contribution in [1.82, 2.24) is 15.0 Å². The van der Waals surface area contributed by atoms with Crippen LogP contribution in [0.1, 0.15) is 38.8 Å². The van der Waals surface area contributed by atoms with E-state index < -0.39 is 17.0 Å². The van der Waals surface area contributed by atoms with Gasteiger partial charge < -0.3 is 14.5 Å². The average Bonchev–Trinajstić information content (AvgIpc) is 3.21. The molecule has 1 aliphatic carbocycles. The van der Waals surface area contributed by atoms with Gasteiger partial charge in [-0.3, -0.25) is 4.98 Å². The lowest BCUT2D eigenvalue weighted by Gasteiger charge is -2.42. The fourth-order valence-corrected chi connectivity index (χ4v) is 3.68. The van der Waals surface area contributed by atoms with Gasteiger partial charge in [0.15, 0.2) is 0 Å². The van der Waals surface area contributed by atoms with Crippen LogP contribution in [0.2, 0.25) is 0 Å². The summed E-state index contributed by atoms with van der Waals surface area (Å²) >= 11 is 0. The molecule has 32 heavy (non-hydrogen) atoms. The monoisotopic (exact) mass is 443 g/mol. The number of hydrogen-bond donors (Lipinski definition) is 1. The first-order valence-corrected chi connectivity index (χ1v) is 10.4. The standard InChI is InChI=1S/C24H24F3N3O2/c1-22(2,14-31)15-32-18-7-4-16(5-8-18)19-9-6-17(12-28-19)21-29-13-20(30-21)23(10-3-11-23)24(25,26)27/h4-9,12-14H,3,10-11,15H2,1-2H3,(H,29,30). The summed E-state index contributed by atoms with van der Waals surface area (Å²) in [6.45, 7) is 3.89. The first-order chi connectivity index (χ1) is 15.1. The van der Waals surface area contributed by atoms with Crippen molar-refractivity contribution in [2.24, 2.45) is 5.41 Å². The minimum atomic E-state index is -4.30. The molecule has 8 heteroatoms. The first-order valence-electron chi connectivity index (χ1n) is 10.4. The summed E-state index contributed by atoms with van der Waals surface area (Å²) < 4.78 is 46.3. The topological polar surface area (TPSA) is 67.9 Å². The van der Waals surface area contributed by atoms with Crippen molar-refractivity contribution in [3.63, 3.8) is 0 Å². The minimum Gasteiger partial charge on any atom is -0.493 e. The summed E-state index contributed by atoms with van der Waals surface area (Å²) in [7, 11) is 0. The molecule has 1 saturated carbocycles. The van der Waals surface area contributed by atoms with Crippen LogP contribution < -0.4 is 4.74 Å². The van der Waals surface area contributed by atoms with Gasteiger partial charge in [-0.15, -0.1) is 0 Å². The fraction of sp³-hybridized carbons (Fsp3) is 0.375. The first kappa shape index (κ1) is 22.0. The third kappa shape index (κ3) is 4.13. The molecule has 0 saturated heterocycles. The number of aldehydes is 1. The smallest absolute Gasteiger partial charge is 0.399 e. The van der Waals surface area contributed by atoms with E-state index in [2.05, 4.69) is 15.0 Å². The van der Waals surface area contributed by atoms with Gasteiger partial charge in [0, 0.05) is 23.5 Å². The Hall–Kier alpha value is -3.16. The molecule has 1 aliphatic rings. The second-order valence-corrected chi connectivity index (χ2v) is 8.93. The molecule has 0 atom stereocenters. The molecule has 1 N–H and O–H groups in total. The SMILES string of the molecule is CC(C)(C=O)COc1ccc(-c2ccc(-c3ncc(C4(C(F)(F)F)CCC4)[nH]3)cn2)cc1. The quantitative estimate of drug-likeness (QED) is 0.474. The van der Waals surface area contributed by atoms with Gasteiger partial charge in [-0.05, 0) is 63.1 Å². The Bertz CT molecular complexity index is 1080. The van der Waals surface area contributed by atoms with Gasteiger partial charge in [-0.25, -0.2) is 4.98 Å². The molecule has 0 spiro atoms. The van der Waals surface area contributed by atoms with Crippen molar-refractivity contribution in [3.8, 4) is 28.4 Å². The molecule has 0 radical (unpaired) electrons. The maximum absolute atomic E-state index is 13.6. The molecule has 0 amide bonds. The predicted octanol–water partition coefficient (Wildman–Crippen LogP) is 5.73. The van der Waals surface area contributed by atoms with E-state index in [0.717, 1.165) is 11.8 Å². The number of imidazole rings is 1. The Kier molecular flexibility index (Phi) is 5.56. The number of alkyl halides is 3. The Morgan fingerprint density at radius 3 is 2.25 bits per heavy atom. The molecule has 2 aromatic heterocycles. The summed E-state index contributed by atoms with van der Waals surface area (Å²) in [6.07, 6.45) is 0.183. The Morgan fingerprint density at radius 2 is 1.72 bits per heavy atom. The van der Waals surface area contributed by atoms with Crippen LogP contribution in [-0.2, 0) is 10.2 Å². The number of hydrogen-bond acceptors (Lipinski definition) is 4. The van der Waals surface area contributed by atoms with Crippen molar-refractivity contribution in [1.29, 1.82) is 0 Å². The molecule has 3 aromatic rings. The zero-order chi connectivity index (χ0) is 23.0. The molecular weight excluding hydrogens is 419 g/mol. The average molecular weight is 443 g/mol. The van der Waals surface area contributed by atoms with Crippen molar-refractivity contribution in [2.75, 3.05) is 6.61 Å². The Balaban J connectivity index is 1.47. The number of carbonyl (C=O) groups is 1. The molecule has 4 rings (SSSR count). The van der Waals surface area contributed by atoms with Crippen LogP contribution in [0.15, 0.2) is 48.8 Å². The summed E-state index contributed by atoms with van der Waals surface area (Å²) in [5.74, 6) is 1.02. The third-order valence-electron chi connectivity index (χ3n) is 5.96. The maximum atomic E-state index is 13.6. The van der Waals surface area contributed by atoms with Crippen LogP contribution in [0.5, 0.6) is 5.75 Å². The Labute approximate surface area is 184 Å². The third-order valence-corrected chi connectivity index (χ3v) is 5.96. The molecule has 0 bridgehead atoms. The largest absolute Gasteiger partial charge is 0.493 e. The van der Waals surface area contributed by atoms with Gasteiger partial charge in [0.1, 0.15) is 23.3 Å². The van der Waals surface area contributed by atoms with Gasteiger partial charge in [0.05, 0.1) is 23.4 Å². The highest BCUT2D eigenvalue weighted by molar-refractivity contribution is 5.64. The van der Waals surface area contributed by atoms with Crippen LogP contribution in [-0.4, -0.2) is 34.0 Å². The van der Waals surface area contributed by atoms with Crippen molar-refractivity contribution < 1.29 is 22.7 Å². The summed E-state index contributed by atoms with van der Waals surface area (Å²) in [4.78, 5) is 22.5.